The number of amides is 4. The molecule has 4 rings (SSSR count). The molecule has 1 aliphatic rings. The maximum atomic E-state index is 12.7. The Morgan fingerprint density at radius 3 is 2.50 bits per heavy atom. The number of pyridine rings is 1. The number of imide groups is 1. The zero-order valence-electron chi connectivity index (χ0n) is 17.6. The van der Waals surface area contributed by atoms with Crippen LogP contribution in [0.15, 0.2) is 54.7 Å². The molecule has 0 bridgehead atoms. The van der Waals surface area contributed by atoms with Crippen molar-refractivity contribution in [3.05, 3.63) is 60.3 Å². The van der Waals surface area contributed by atoms with E-state index in [1.165, 1.54) is 6.20 Å². The maximum absolute atomic E-state index is 12.7. The fourth-order valence-corrected chi connectivity index (χ4v) is 3.47. The summed E-state index contributed by atoms with van der Waals surface area (Å²) in [5.74, 6) is 0.536. The summed E-state index contributed by atoms with van der Waals surface area (Å²) < 4.78 is 10.3. The number of anilines is 1. The van der Waals surface area contributed by atoms with E-state index in [0.717, 1.165) is 21.4 Å². The Labute approximate surface area is 184 Å². The Morgan fingerprint density at radius 1 is 1.06 bits per heavy atom. The monoisotopic (exact) mass is 434 g/mol. The normalized spacial score (nSPS) is 15.6. The van der Waals surface area contributed by atoms with Crippen LogP contribution in [0.2, 0.25) is 0 Å². The highest BCUT2D eigenvalue weighted by Gasteiger charge is 2.39. The maximum Gasteiger partial charge on any atom is 0.325 e. The Kier molecular flexibility index (Phi) is 5.89. The van der Waals surface area contributed by atoms with E-state index in [4.69, 9.17) is 9.47 Å². The van der Waals surface area contributed by atoms with E-state index < -0.39 is 23.9 Å². The molecule has 4 amide bonds. The number of hydrogen-bond donors (Lipinski definition) is 2. The highest BCUT2D eigenvalue weighted by molar-refractivity contribution is 6.07. The first-order valence-corrected chi connectivity index (χ1v) is 9.95. The molecular formula is C23H22N4O5. The Morgan fingerprint density at radius 2 is 1.78 bits per heavy atom. The van der Waals surface area contributed by atoms with Gasteiger partial charge in [0, 0.05) is 11.5 Å². The minimum absolute atomic E-state index is 0.116. The molecule has 2 heterocycles. The molecule has 3 aromatic rings. The van der Waals surface area contributed by atoms with Crippen LogP contribution >= 0.6 is 0 Å². The molecule has 1 atom stereocenters. The summed E-state index contributed by atoms with van der Waals surface area (Å²) in [6.45, 7) is 0.116. The molecule has 32 heavy (non-hydrogen) atoms. The quantitative estimate of drug-likeness (QED) is 0.554. The van der Waals surface area contributed by atoms with Crippen molar-refractivity contribution in [2.75, 3.05) is 19.5 Å². The zero-order chi connectivity index (χ0) is 22.7. The largest absolute Gasteiger partial charge is 0.497 e. The molecule has 1 unspecified atom stereocenters. The second-order valence-corrected chi connectivity index (χ2v) is 7.31. The van der Waals surface area contributed by atoms with Crippen LogP contribution in [0.5, 0.6) is 11.5 Å². The Hall–Kier alpha value is -4.14. The molecule has 0 spiro atoms. The topological polar surface area (TPSA) is 110 Å². The van der Waals surface area contributed by atoms with Crippen molar-refractivity contribution < 1.29 is 23.9 Å². The number of nitrogens with zero attached hydrogens (tertiary/aromatic N) is 2. The highest BCUT2D eigenvalue weighted by Crippen LogP contribution is 2.22. The summed E-state index contributed by atoms with van der Waals surface area (Å²) in [6, 6.07) is 12.9. The summed E-state index contributed by atoms with van der Waals surface area (Å²) >= 11 is 0. The van der Waals surface area contributed by atoms with E-state index in [0.29, 0.717) is 17.2 Å². The number of benzene rings is 2. The summed E-state index contributed by atoms with van der Waals surface area (Å²) in [5.41, 5.74) is 2.01. The van der Waals surface area contributed by atoms with Gasteiger partial charge in [-0.15, -0.1) is 0 Å². The number of carbonyl (C=O) groups excluding carboxylic acids is 3. The molecule has 2 N–H and O–H groups in total. The third kappa shape index (κ3) is 4.46. The van der Waals surface area contributed by atoms with Gasteiger partial charge in [-0.1, -0.05) is 12.1 Å². The summed E-state index contributed by atoms with van der Waals surface area (Å²) in [6.07, 6.45) is 1.36. The van der Waals surface area contributed by atoms with Gasteiger partial charge in [0.2, 0.25) is 5.91 Å². The summed E-state index contributed by atoms with van der Waals surface area (Å²) in [4.78, 5) is 42.9. The lowest BCUT2D eigenvalue weighted by Gasteiger charge is -2.13. The van der Waals surface area contributed by atoms with E-state index >= 15 is 0 Å². The first-order chi connectivity index (χ1) is 15.5. The fourth-order valence-electron chi connectivity index (χ4n) is 3.47. The van der Waals surface area contributed by atoms with Crippen molar-refractivity contribution in [1.29, 1.82) is 0 Å². The van der Waals surface area contributed by atoms with Gasteiger partial charge >= 0.3 is 6.03 Å². The number of urea groups is 1. The van der Waals surface area contributed by atoms with Crippen LogP contribution < -0.4 is 20.1 Å². The van der Waals surface area contributed by atoms with E-state index in [1.807, 2.05) is 6.07 Å². The second-order valence-electron chi connectivity index (χ2n) is 7.31. The van der Waals surface area contributed by atoms with E-state index in [-0.39, 0.29) is 13.0 Å². The molecule has 9 nitrogen and oxygen atoms in total. The number of ether oxygens (including phenoxy) is 2. The van der Waals surface area contributed by atoms with Crippen molar-refractivity contribution in [1.82, 2.24) is 15.2 Å². The lowest BCUT2D eigenvalue weighted by atomic mass is 10.1. The van der Waals surface area contributed by atoms with Gasteiger partial charge in [-0.25, -0.2) is 4.79 Å². The van der Waals surface area contributed by atoms with Gasteiger partial charge in [0.1, 0.15) is 17.5 Å². The van der Waals surface area contributed by atoms with Crippen molar-refractivity contribution in [3.63, 3.8) is 0 Å². The smallest absolute Gasteiger partial charge is 0.325 e. The van der Waals surface area contributed by atoms with Gasteiger partial charge in [0.25, 0.3) is 5.91 Å². The lowest BCUT2D eigenvalue weighted by molar-refractivity contribution is -0.130. The standard InChI is InChI=1S/C23H22N4O5/c1-31-17-6-3-14(4-7-17)13-27-22(29)20(26-23(27)30)11-21(28)25-16-9-15-5-8-18(32-2)10-19(15)24-12-16/h3-10,12,20H,11,13H2,1-2H3,(H,25,28)(H,26,30). The van der Waals surface area contributed by atoms with E-state index in [2.05, 4.69) is 15.6 Å². The Bertz CT molecular complexity index is 1180. The number of fused-ring (bicyclic) bond motifs is 1. The van der Waals surface area contributed by atoms with Gasteiger partial charge in [-0.05, 0) is 35.9 Å². The van der Waals surface area contributed by atoms with Gasteiger partial charge < -0.3 is 20.1 Å². The summed E-state index contributed by atoms with van der Waals surface area (Å²) in [7, 11) is 3.14. The third-order valence-electron chi connectivity index (χ3n) is 5.17. The number of hydrogen-bond acceptors (Lipinski definition) is 6. The molecule has 0 radical (unpaired) electrons. The number of methoxy groups -OCH3 is 2. The number of nitrogens with one attached hydrogen (secondary N) is 2. The van der Waals surface area contributed by atoms with Crippen LogP contribution in [0.25, 0.3) is 10.9 Å². The predicted molar refractivity (Wildman–Crippen MR) is 117 cm³/mol. The average Bonchev–Trinajstić information content (AvgIpc) is 3.06. The molecular weight excluding hydrogens is 412 g/mol. The van der Waals surface area contributed by atoms with Crippen molar-refractivity contribution in [3.8, 4) is 11.5 Å². The fraction of sp³-hybridized carbons (Fsp3) is 0.217. The van der Waals surface area contributed by atoms with Crippen LogP contribution in [-0.4, -0.2) is 48.0 Å². The van der Waals surface area contributed by atoms with Crippen LogP contribution in [0.3, 0.4) is 0 Å². The first kappa shape index (κ1) is 21.1. The van der Waals surface area contributed by atoms with Gasteiger partial charge in [0.15, 0.2) is 0 Å². The lowest BCUT2D eigenvalue weighted by Crippen LogP contribution is -2.34. The molecule has 1 aromatic heterocycles. The van der Waals surface area contributed by atoms with Crippen LogP contribution in [0.1, 0.15) is 12.0 Å². The second kappa shape index (κ2) is 8.93. The molecule has 1 fully saturated rings. The minimum Gasteiger partial charge on any atom is -0.497 e. The van der Waals surface area contributed by atoms with Crippen molar-refractivity contribution >= 4 is 34.4 Å². The van der Waals surface area contributed by atoms with Gasteiger partial charge in [-0.2, -0.15) is 0 Å². The molecule has 164 valence electrons. The summed E-state index contributed by atoms with van der Waals surface area (Å²) in [5, 5.41) is 6.14. The predicted octanol–water partition coefficient (Wildman–Crippen LogP) is 2.70. The average molecular weight is 434 g/mol. The molecule has 1 saturated heterocycles. The molecule has 2 aromatic carbocycles. The number of rotatable bonds is 7. The molecule has 9 heteroatoms. The van der Waals surface area contributed by atoms with E-state index in [9.17, 15) is 14.4 Å². The zero-order valence-corrected chi connectivity index (χ0v) is 17.6. The van der Waals surface area contributed by atoms with E-state index in [1.54, 1.807) is 56.7 Å². The Balaban J connectivity index is 1.38. The highest BCUT2D eigenvalue weighted by atomic mass is 16.5. The minimum atomic E-state index is -0.918. The van der Waals surface area contributed by atoms with Crippen LogP contribution in [0.4, 0.5) is 10.5 Å². The molecule has 0 aliphatic carbocycles. The van der Waals surface area contributed by atoms with Crippen molar-refractivity contribution in [2.24, 2.45) is 0 Å². The van der Waals surface area contributed by atoms with Gasteiger partial charge in [-0.3, -0.25) is 19.5 Å². The first-order valence-electron chi connectivity index (χ1n) is 9.95. The SMILES string of the molecule is COc1ccc(CN2C(=O)NC(CC(=O)Nc3cnc4cc(OC)ccc4c3)C2=O)cc1. The number of aromatic nitrogens is 1. The molecule has 0 saturated carbocycles. The number of carbonyl (C=O) groups is 3. The van der Waals surface area contributed by atoms with Gasteiger partial charge in [0.05, 0.1) is 44.6 Å². The van der Waals surface area contributed by atoms with Crippen molar-refractivity contribution in [2.45, 2.75) is 19.0 Å². The van der Waals surface area contributed by atoms with Crippen LogP contribution in [0, 0.1) is 0 Å². The third-order valence-corrected chi connectivity index (χ3v) is 5.17. The molecule has 1 aliphatic heterocycles. The van der Waals surface area contributed by atoms with Crippen LogP contribution in [-0.2, 0) is 16.1 Å².